The third-order valence-electron chi connectivity index (χ3n) is 1.25. The SMILES string of the molecule is CCC.Cc1c(F)cc(Br)cc1F. The summed E-state index contributed by atoms with van der Waals surface area (Å²) in [6.45, 7) is 5.65. The highest BCUT2D eigenvalue weighted by atomic mass is 79.9. The molecule has 0 saturated carbocycles. The number of halogens is 3. The van der Waals surface area contributed by atoms with E-state index in [0.717, 1.165) is 0 Å². The van der Waals surface area contributed by atoms with Gasteiger partial charge in [-0.1, -0.05) is 36.2 Å². The molecule has 0 spiro atoms. The molecule has 0 atom stereocenters. The molecule has 0 aliphatic carbocycles. The van der Waals surface area contributed by atoms with Gasteiger partial charge in [0.25, 0.3) is 0 Å². The zero-order chi connectivity index (χ0) is 10.4. The Bertz CT molecular complexity index is 249. The van der Waals surface area contributed by atoms with Crippen LogP contribution in [0.25, 0.3) is 0 Å². The molecule has 1 aromatic rings. The molecular formula is C10H13BrF2. The van der Waals surface area contributed by atoms with E-state index in [0.29, 0.717) is 4.47 Å². The van der Waals surface area contributed by atoms with E-state index in [9.17, 15) is 8.78 Å². The minimum atomic E-state index is -0.521. The summed E-state index contributed by atoms with van der Waals surface area (Å²) in [6.07, 6.45) is 1.25. The van der Waals surface area contributed by atoms with Crippen LogP contribution in [0.15, 0.2) is 16.6 Å². The van der Waals surface area contributed by atoms with E-state index in [1.165, 1.54) is 25.5 Å². The van der Waals surface area contributed by atoms with Crippen molar-refractivity contribution in [1.29, 1.82) is 0 Å². The molecule has 0 heterocycles. The topological polar surface area (TPSA) is 0 Å². The Balaban J connectivity index is 0.000000424. The highest BCUT2D eigenvalue weighted by Gasteiger charge is 2.03. The first-order valence-electron chi connectivity index (χ1n) is 4.14. The summed E-state index contributed by atoms with van der Waals surface area (Å²) in [5, 5.41) is 0. The Morgan fingerprint density at radius 1 is 1.15 bits per heavy atom. The van der Waals surface area contributed by atoms with Crippen molar-refractivity contribution in [1.82, 2.24) is 0 Å². The zero-order valence-electron chi connectivity index (χ0n) is 8.00. The Hall–Kier alpha value is -0.440. The van der Waals surface area contributed by atoms with Crippen molar-refractivity contribution in [3.05, 3.63) is 33.8 Å². The van der Waals surface area contributed by atoms with Crippen LogP contribution in [0.3, 0.4) is 0 Å². The second kappa shape index (κ2) is 6.08. The van der Waals surface area contributed by atoms with Crippen molar-refractivity contribution in [3.8, 4) is 0 Å². The van der Waals surface area contributed by atoms with Gasteiger partial charge < -0.3 is 0 Å². The Kier molecular flexibility index (Phi) is 5.88. The summed E-state index contributed by atoms with van der Waals surface area (Å²) in [4.78, 5) is 0. The smallest absolute Gasteiger partial charge is 0.130 e. The van der Waals surface area contributed by atoms with Gasteiger partial charge in [-0.2, -0.15) is 0 Å². The average Bonchev–Trinajstić information content (AvgIpc) is 2.01. The predicted octanol–water partition coefficient (Wildman–Crippen LogP) is 4.45. The fourth-order valence-electron chi connectivity index (χ4n) is 0.614. The molecule has 74 valence electrons. The van der Waals surface area contributed by atoms with E-state index in [1.54, 1.807) is 0 Å². The highest BCUT2D eigenvalue weighted by Crippen LogP contribution is 2.17. The predicted molar refractivity (Wildman–Crippen MR) is 54.8 cm³/mol. The number of hydrogen-bond donors (Lipinski definition) is 0. The van der Waals surface area contributed by atoms with E-state index in [4.69, 9.17) is 0 Å². The van der Waals surface area contributed by atoms with Crippen LogP contribution >= 0.6 is 15.9 Å². The molecule has 0 aliphatic heterocycles. The fraction of sp³-hybridized carbons (Fsp3) is 0.400. The highest BCUT2D eigenvalue weighted by molar-refractivity contribution is 9.10. The second-order valence-corrected chi connectivity index (χ2v) is 3.62. The van der Waals surface area contributed by atoms with Crippen molar-refractivity contribution in [2.24, 2.45) is 0 Å². The van der Waals surface area contributed by atoms with Gasteiger partial charge in [0.15, 0.2) is 0 Å². The Morgan fingerprint density at radius 2 is 1.46 bits per heavy atom. The summed E-state index contributed by atoms with van der Waals surface area (Å²) < 4.78 is 25.6. The minimum Gasteiger partial charge on any atom is -0.207 e. The van der Waals surface area contributed by atoms with Crippen molar-refractivity contribution < 1.29 is 8.78 Å². The van der Waals surface area contributed by atoms with Gasteiger partial charge in [0.2, 0.25) is 0 Å². The molecule has 3 heteroatoms. The summed E-state index contributed by atoms with van der Waals surface area (Å²) in [5.41, 5.74) is 0.0585. The van der Waals surface area contributed by atoms with Gasteiger partial charge in [-0.05, 0) is 19.1 Å². The lowest BCUT2D eigenvalue weighted by atomic mass is 10.2. The maximum absolute atomic E-state index is 12.6. The molecule has 13 heavy (non-hydrogen) atoms. The number of rotatable bonds is 0. The first-order chi connectivity index (χ1) is 6.02. The lowest BCUT2D eigenvalue weighted by Crippen LogP contribution is -1.87. The normalized spacial score (nSPS) is 9.08. The largest absolute Gasteiger partial charge is 0.207 e. The van der Waals surface area contributed by atoms with Crippen molar-refractivity contribution >= 4 is 15.9 Å². The minimum absolute atomic E-state index is 0.0585. The second-order valence-electron chi connectivity index (χ2n) is 2.70. The standard InChI is InChI=1S/C7H5BrF2.C3H8/c1-4-6(9)2-5(8)3-7(4)10;1-3-2/h2-3H,1H3;3H2,1-2H3. The van der Waals surface area contributed by atoms with Gasteiger partial charge in [0.05, 0.1) is 0 Å². The van der Waals surface area contributed by atoms with Gasteiger partial charge in [-0.15, -0.1) is 0 Å². The maximum Gasteiger partial charge on any atom is 0.130 e. The first-order valence-corrected chi connectivity index (χ1v) is 4.93. The van der Waals surface area contributed by atoms with Gasteiger partial charge in [0.1, 0.15) is 11.6 Å². The van der Waals surface area contributed by atoms with Crippen LogP contribution in [0.1, 0.15) is 25.8 Å². The molecular weight excluding hydrogens is 238 g/mol. The lowest BCUT2D eigenvalue weighted by molar-refractivity contribution is 0.566. The monoisotopic (exact) mass is 250 g/mol. The Morgan fingerprint density at radius 3 is 1.77 bits per heavy atom. The molecule has 0 saturated heterocycles. The van der Waals surface area contributed by atoms with Crippen molar-refractivity contribution in [2.75, 3.05) is 0 Å². The molecule has 1 aromatic carbocycles. The molecule has 0 bridgehead atoms. The van der Waals surface area contributed by atoms with E-state index in [1.807, 2.05) is 0 Å². The third kappa shape index (κ3) is 4.36. The molecule has 0 aromatic heterocycles. The van der Waals surface area contributed by atoms with Gasteiger partial charge in [-0.25, -0.2) is 8.78 Å². The van der Waals surface area contributed by atoms with Gasteiger partial charge in [-0.3, -0.25) is 0 Å². The Labute approximate surface area is 86.1 Å². The van der Waals surface area contributed by atoms with E-state index in [2.05, 4.69) is 29.8 Å². The summed E-state index contributed by atoms with van der Waals surface area (Å²) >= 11 is 2.97. The molecule has 0 unspecified atom stereocenters. The summed E-state index contributed by atoms with van der Waals surface area (Å²) in [7, 11) is 0. The lowest BCUT2D eigenvalue weighted by Gasteiger charge is -1.97. The molecule has 1 rings (SSSR count). The molecule has 0 aliphatic rings. The van der Waals surface area contributed by atoms with Crippen LogP contribution in [-0.4, -0.2) is 0 Å². The number of hydrogen-bond acceptors (Lipinski definition) is 0. The van der Waals surface area contributed by atoms with E-state index in [-0.39, 0.29) is 5.56 Å². The van der Waals surface area contributed by atoms with Crippen LogP contribution in [0.5, 0.6) is 0 Å². The zero-order valence-corrected chi connectivity index (χ0v) is 9.58. The first kappa shape index (κ1) is 12.6. The van der Waals surface area contributed by atoms with Gasteiger partial charge >= 0.3 is 0 Å². The van der Waals surface area contributed by atoms with Crippen LogP contribution in [-0.2, 0) is 0 Å². The van der Waals surface area contributed by atoms with Crippen molar-refractivity contribution in [2.45, 2.75) is 27.2 Å². The van der Waals surface area contributed by atoms with E-state index >= 15 is 0 Å². The molecule has 0 amide bonds. The third-order valence-corrected chi connectivity index (χ3v) is 1.70. The van der Waals surface area contributed by atoms with Crippen LogP contribution < -0.4 is 0 Å². The van der Waals surface area contributed by atoms with Crippen LogP contribution in [0.2, 0.25) is 0 Å². The maximum atomic E-state index is 12.6. The fourth-order valence-corrected chi connectivity index (χ4v) is 1.02. The molecule has 0 fully saturated rings. The summed E-state index contributed by atoms with van der Waals surface area (Å²) in [6, 6.07) is 2.47. The average molecular weight is 251 g/mol. The van der Waals surface area contributed by atoms with Crippen molar-refractivity contribution in [3.63, 3.8) is 0 Å². The van der Waals surface area contributed by atoms with E-state index < -0.39 is 11.6 Å². The number of benzene rings is 1. The van der Waals surface area contributed by atoms with Gasteiger partial charge in [0, 0.05) is 10.0 Å². The molecule has 0 N–H and O–H groups in total. The summed E-state index contributed by atoms with van der Waals surface area (Å²) in [5.74, 6) is -1.04. The molecule has 0 radical (unpaired) electrons. The quantitative estimate of drug-likeness (QED) is 0.638. The van der Waals surface area contributed by atoms with Crippen LogP contribution in [0.4, 0.5) is 8.78 Å². The molecule has 0 nitrogen and oxygen atoms in total. The van der Waals surface area contributed by atoms with Crippen LogP contribution in [0, 0.1) is 18.6 Å².